The lowest BCUT2D eigenvalue weighted by molar-refractivity contribution is -0.116. The Morgan fingerprint density at radius 2 is 1.91 bits per heavy atom. The van der Waals surface area contributed by atoms with Gasteiger partial charge in [0.2, 0.25) is 5.91 Å². The largest absolute Gasteiger partial charge is 0.441 e. The van der Waals surface area contributed by atoms with Crippen molar-refractivity contribution < 1.29 is 14.0 Å². The zero-order valence-corrected chi connectivity index (χ0v) is 18.6. The molecule has 166 valence electrons. The molecule has 0 spiro atoms. The van der Waals surface area contributed by atoms with Gasteiger partial charge in [-0.2, -0.15) is 0 Å². The summed E-state index contributed by atoms with van der Waals surface area (Å²) in [7, 11) is 0. The van der Waals surface area contributed by atoms with E-state index >= 15 is 0 Å². The van der Waals surface area contributed by atoms with Crippen LogP contribution in [0.1, 0.15) is 54.9 Å². The van der Waals surface area contributed by atoms with Crippen LogP contribution in [0.4, 0.5) is 5.69 Å². The Morgan fingerprint density at radius 1 is 1.12 bits per heavy atom. The minimum absolute atomic E-state index is 0.104. The Hall–Kier alpha value is -3.41. The predicted molar refractivity (Wildman–Crippen MR) is 124 cm³/mol. The van der Waals surface area contributed by atoms with Crippen LogP contribution in [-0.4, -0.2) is 22.8 Å². The highest BCUT2D eigenvalue weighted by molar-refractivity contribution is 5.97. The molecule has 2 N–H and O–H groups in total. The summed E-state index contributed by atoms with van der Waals surface area (Å²) in [6.07, 6.45) is 5.46. The molecule has 6 nitrogen and oxygen atoms in total. The zero-order chi connectivity index (χ0) is 22.5. The van der Waals surface area contributed by atoms with Crippen molar-refractivity contribution in [2.75, 3.05) is 5.32 Å². The van der Waals surface area contributed by atoms with Crippen LogP contribution in [0.25, 0.3) is 11.3 Å². The molecule has 0 saturated heterocycles. The highest BCUT2D eigenvalue weighted by atomic mass is 16.4. The molecule has 4 rings (SSSR count). The number of aryl methyl sites for hydroxylation is 1. The summed E-state index contributed by atoms with van der Waals surface area (Å²) in [5.74, 6) is 1.59. The smallest absolute Gasteiger partial charge is 0.251 e. The van der Waals surface area contributed by atoms with Gasteiger partial charge in [-0.05, 0) is 48.9 Å². The van der Waals surface area contributed by atoms with Gasteiger partial charge in [-0.15, -0.1) is 0 Å². The second-order valence-electron chi connectivity index (χ2n) is 8.79. The molecule has 0 aliphatic heterocycles. The Kier molecular flexibility index (Phi) is 6.69. The van der Waals surface area contributed by atoms with E-state index in [0.717, 1.165) is 24.8 Å². The summed E-state index contributed by atoms with van der Waals surface area (Å²) in [6.45, 7) is 4.41. The maximum Gasteiger partial charge on any atom is 0.251 e. The van der Waals surface area contributed by atoms with Crippen LogP contribution >= 0.6 is 0 Å². The first-order chi connectivity index (χ1) is 15.5. The molecule has 1 aromatic heterocycles. The highest BCUT2D eigenvalue weighted by Gasteiger charge is 2.23. The molecule has 0 atom stereocenters. The summed E-state index contributed by atoms with van der Waals surface area (Å²) in [5, 5.41) is 5.80. The van der Waals surface area contributed by atoms with Gasteiger partial charge in [0.25, 0.3) is 5.91 Å². The number of hydrogen-bond acceptors (Lipinski definition) is 4. The quantitative estimate of drug-likeness (QED) is 0.499. The van der Waals surface area contributed by atoms with E-state index in [1.807, 2.05) is 12.1 Å². The molecule has 2 amide bonds. The number of nitrogens with zero attached hydrogens (tertiary/aromatic N) is 1. The number of hydrogen-bond donors (Lipinski definition) is 2. The predicted octanol–water partition coefficient (Wildman–Crippen LogP) is 5.00. The molecule has 32 heavy (non-hydrogen) atoms. The van der Waals surface area contributed by atoms with Gasteiger partial charge in [-0.1, -0.05) is 44.2 Å². The Labute approximate surface area is 188 Å². The first-order valence-corrected chi connectivity index (χ1v) is 11.2. The van der Waals surface area contributed by atoms with Crippen molar-refractivity contribution in [2.24, 2.45) is 5.92 Å². The van der Waals surface area contributed by atoms with Crippen molar-refractivity contribution in [3.05, 3.63) is 71.7 Å². The van der Waals surface area contributed by atoms with Gasteiger partial charge in [0, 0.05) is 35.7 Å². The standard InChI is InChI=1S/C26H29N3O3/c1-17(2)14-18-6-8-19(9-7-18)23-16-27-25(32-23)13-12-24(30)28-22-5-3-4-20(15-22)26(31)29-21-10-11-21/h3-9,15-17,21H,10-14H2,1-2H3,(H,28,30)(H,29,31). The van der Waals surface area contributed by atoms with E-state index in [0.29, 0.717) is 41.3 Å². The summed E-state index contributed by atoms with van der Waals surface area (Å²) in [6, 6.07) is 15.6. The van der Waals surface area contributed by atoms with E-state index in [4.69, 9.17) is 4.42 Å². The van der Waals surface area contributed by atoms with Crippen molar-refractivity contribution in [1.82, 2.24) is 10.3 Å². The van der Waals surface area contributed by atoms with Crippen LogP contribution in [0.2, 0.25) is 0 Å². The van der Waals surface area contributed by atoms with Crippen LogP contribution in [0, 0.1) is 5.92 Å². The summed E-state index contributed by atoms with van der Waals surface area (Å²) in [4.78, 5) is 28.9. The fourth-order valence-electron chi connectivity index (χ4n) is 3.51. The second kappa shape index (κ2) is 9.81. The average Bonchev–Trinajstić information content (AvgIpc) is 3.46. The Morgan fingerprint density at radius 3 is 2.62 bits per heavy atom. The first kappa shape index (κ1) is 21.8. The molecule has 1 aliphatic carbocycles. The molecule has 1 fully saturated rings. The number of amides is 2. The molecule has 1 saturated carbocycles. The molecule has 0 bridgehead atoms. The summed E-state index contributed by atoms with van der Waals surface area (Å²) < 4.78 is 5.84. The molecule has 3 aromatic rings. The number of carbonyl (C=O) groups is 2. The summed E-state index contributed by atoms with van der Waals surface area (Å²) in [5.41, 5.74) is 3.43. The molecule has 0 unspecified atom stereocenters. The van der Waals surface area contributed by atoms with E-state index in [1.54, 1.807) is 30.5 Å². The highest BCUT2D eigenvalue weighted by Crippen LogP contribution is 2.23. The van der Waals surface area contributed by atoms with E-state index < -0.39 is 0 Å². The van der Waals surface area contributed by atoms with Crippen molar-refractivity contribution >= 4 is 17.5 Å². The number of oxazole rings is 1. The number of rotatable bonds is 9. The summed E-state index contributed by atoms with van der Waals surface area (Å²) >= 11 is 0. The first-order valence-electron chi connectivity index (χ1n) is 11.2. The zero-order valence-electron chi connectivity index (χ0n) is 18.6. The topological polar surface area (TPSA) is 84.2 Å². The molecular formula is C26H29N3O3. The van der Waals surface area contributed by atoms with Crippen LogP contribution in [0.3, 0.4) is 0 Å². The van der Waals surface area contributed by atoms with Crippen LogP contribution in [0.15, 0.2) is 59.1 Å². The molecule has 0 radical (unpaired) electrons. The molecular weight excluding hydrogens is 402 g/mol. The van der Waals surface area contributed by atoms with Gasteiger partial charge in [0.1, 0.15) is 0 Å². The Balaban J connectivity index is 1.29. The van der Waals surface area contributed by atoms with Gasteiger partial charge in [0.15, 0.2) is 11.7 Å². The van der Waals surface area contributed by atoms with E-state index in [2.05, 4.69) is 41.6 Å². The second-order valence-corrected chi connectivity index (χ2v) is 8.79. The minimum atomic E-state index is -0.150. The average molecular weight is 432 g/mol. The third kappa shape index (κ3) is 6.06. The van der Waals surface area contributed by atoms with E-state index in [9.17, 15) is 9.59 Å². The molecule has 1 aliphatic rings. The van der Waals surface area contributed by atoms with Crippen molar-refractivity contribution in [3.8, 4) is 11.3 Å². The lowest BCUT2D eigenvalue weighted by atomic mass is 10.0. The third-order valence-corrected chi connectivity index (χ3v) is 5.32. The number of benzene rings is 2. The van der Waals surface area contributed by atoms with Crippen molar-refractivity contribution in [3.63, 3.8) is 0 Å². The van der Waals surface area contributed by atoms with Crippen LogP contribution in [0.5, 0.6) is 0 Å². The van der Waals surface area contributed by atoms with Crippen LogP contribution < -0.4 is 10.6 Å². The van der Waals surface area contributed by atoms with Gasteiger partial charge < -0.3 is 15.1 Å². The maximum absolute atomic E-state index is 12.4. The SMILES string of the molecule is CC(C)Cc1ccc(-c2cnc(CCC(=O)Nc3cccc(C(=O)NC4CC4)c3)o2)cc1. The fourth-order valence-corrected chi connectivity index (χ4v) is 3.51. The number of nitrogens with one attached hydrogen (secondary N) is 2. The van der Waals surface area contributed by atoms with Crippen LogP contribution in [-0.2, 0) is 17.6 Å². The molecule has 2 aromatic carbocycles. The monoisotopic (exact) mass is 431 g/mol. The maximum atomic E-state index is 12.4. The molecule has 6 heteroatoms. The van der Waals surface area contributed by atoms with Crippen molar-refractivity contribution in [1.29, 1.82) is 0 Å². The Bertz CT molecular complexity index is 1080. The van der Waals surface area contributed by atoms with E-state index in [-0.39, 0.29) is 18.2 Å². The lowest BCUT2D eigenvalue weighted by Gasteiger charge is -2.07. The minimum Gasteiger partial charge on any atom is -0.441 e. The normalized spacial score (nSPS) is 13.2. The van der Waals surface area contributed by atoms with Gasteiger partial charge in [-0.3, -0.25) is 9.59 Å². The van der Waals surface area contributed by atoms with Crippen molar-refractivity contribution in [2.45, 2.75) is 52.0 Å². The number of aromatic nitrogens is 1. The van der Waals surface area contributed by atoms with Gasteiger partial charge >= 0.3 is 0 Å². The van der Waals surface area contributed by atoms with E-state index in [1.165, 1.54) is 5.56 Å². The number of anilines is 1. The molecule has 1 heterocycles. The third-order valence-electron chi connectivity index (χ3n) is 5.32. The lowest BCUT2D eigenvalue weighted by Crippen LogP contribution is -2.25. The fraction of sp³-hybridized carbons (Fsp3) is 0.346. The van der Waals surface area contributed by atoms with Gasteiger partial charge in [-0.25, -0.2) is 4.98 Å². The van der Waals surface area contributed by atoms with Gasteiger partial charge in [0.05, 0.1) is 6.20 Å². The number of carbonyl (C=O) groups excluding carboxylic acids is 2.